The molecule has 0 saturated carbocycles. The molecule has 2 aromatic rings. The number of carboxylic acids is 1. The normalized spacial score (nSPS) is 15.9. The molecule has 1 saturated heterocycles. The van der Waals surface area contributed by atoms with Gasteiger partial charge in [-0.1, -0.05) is 12.1 Å². The smallest absolute Gasteiger partial charge is 0.265 e. The molecule has 1 aliphatic heterocycles. The van der Waals surface area contributed by atoms with Crippen molar-refractivity contribution in [2.24, 2.45) is 0 Å². The molecule has 0 aliphatic carbocycles. The summed E-state index contributed by atoms with van der Waals surface area (Å²) in [5, 5.41) is 13.9. The van der Waals surface area contributed by atoms with Crippen LogP contribution in [0.25, 0.3) is 11.8 Å². The first-order valence-corrected chi connectivity index (χ1v) is 8.89. The zero-order valence-corrected chi connectivity index (χ0v) is 16.6. The Hall–Kier alpha value is -3.26. The van der Waals surface area contributed by atoms with Gasteiger partial charge in [0.05, 0.1) is 5.97 Å². The Kier molecular flexibility index (Phi) is 4.91. The molecule has 0 unspecified atom stereocenters. The van der Waals surface area contributed by atoms with Crippen LogP contribution in [0.1, 0.15) is 32.9 Å². The Morgan fingerprint density at radius 3 is 2.54 bits per heavy atom. The lowest BCUT2D eigenvalue weighted by molar-refractivity contribution is -0.255. The predicted octanol–water partition coefficient (Wildman–Crippen LogP) is 1.02. The van der Waals surface area contributed by atoms with Gasteiger partial charge in [-0.05, 0) is 62.3 Å². The SMILES string of the molecule is Cc1c(C(=O)[O-])cccc1-n1c(C)cc(/C=C2/C(=O)NC(=S)N(C)C2=O)c1C. The predicted molar refractivity (Wildman–Crippen MR) is 106 cm³/mol. The third kappa shape index (κ3) is 3.11. The summed E-state index contributed by atoms with van der Waals surface area (Å²) in [5.74, 6) is -2.27. The molecule has 0 atom stereocenters. The molecular weight excluding hydrogens is 378 g/mol. The van der Waals surface area contributed by atoms with Gasteiger partial charge < -0.3 is 14.5 Å². The van der Waals surface area contributed by atoms with Crippen LogP contribution in [0.2, 0.25) is 0 Å². The number of hydrogen-bond acceptors (Lipinski definition) is 5. The van der Waals surface area contributed by atoms with E-state index in [4.69, 9.17) is 12.2 Å². The average molecular weight is 396 g/mol. The lowest BCUT2D eigenvalue weighted by atomic mass is 10.1. The van der Waals surface area contributed by atoms with Crippen molar-refractivity contribution in [2.75, 3.05) is 7.05 Å². The quantitative estimate of drug-likeness (QED) is 0.475. The minimum Gasteiger partial charge on any atom is -0.545 e. The monoisotopic (exact) mass is 396 g/mol. The first kappa shape index (κ1) is 19.5. The molecule has 8 heteroatoms. The number of nitrogens with one attached hydrogen (secondary N) is 1. The molecule has 1 fully saturated rings. The highest BCUT2D eigenvalue weighted by Gasteiger charge is 2.31. The summed E-state index contributed by atoms with van der Waals surface area (Å²) in [6.45, 7) is 5.42. The van der Waals surface area contributed by atoms with E-state index < -0.39 is 17.8 Å². The largest absolute Gasteiger partial charge is 0.545 e. The van der Waals surface area contributed by atoms with E-state index in [1.807, 2.05) is 30.5 Å². The van der Waals surface area contributed by atoms with Crippen molar-refractivity contribution in [1.29, 1.82) is 0 Å². The lowest BCUT2D eigenvalue weighted by Crippen LogP contribution is -2.52. The van der Waals surface area contributed by atoms with E-state index in [2.05, 4.69) is 5.32 Å². The van der Waals surface area contributed by atoms with Gasteiger partial charge in [0, 0.05) is 29.7 Å². The fourth-order valence-electron chi connectivity index (χ4n) is 3.29. The van der Waals surface area contributed by atoms with Gasteiger partial charge in [-0.15, -0.1) is 0 Å². The number of carboxylic acid groups (broad SMARTS) is 1. The number of aryl methyl sites for hydroxylation is 1. The van der Waals surface area contributed by atoms with E-state index in [9.17, 15) is 19.5 Å². The molecule has 1 aromatic carbocycles. The topological polar surface area (TPSA) is 94.5 Å². The van der Waals surface area contributed by atoms with Crippen molar-refractivity contribution < 1.29 is 19.5 Å². The molecule has 0 radical (unpaired) electrons. The molecule has 1 N–H and O–H groups in total. The van der Waals surface area contributed by atoms with E-state index in [1.165, 1.54) is 24.1 Å². The van der Waals surface area contributed by atoms with E-state index in [1.54, 1.807) is 13.0 Å². The summed E-state index contributed by atoms with van der Waals surface area (Å²) in [7, 11) is 1.50. The number of aromatic nitrogens is 1. The number of nitrogens with zero attached hydrogens (tertiary/aromatic N) is 2. The number of hydrogen-bond donors (Lipinski definition) is 1. The second kappa shape index (κ2) is 7.05. The molecule has 0 spiro atoms. The van der Waals surface area contributed by atoms with Crippen molar-refractivity contribution >= 4 is 41.2 Å². The van der Waals surface area contributed by atoms with E-state index in [-0.39, 0.29) is 16.2 Å². The van der Waals surface area contributed by atoms with Crippen LogP contribution in [0.5, 0.6) is 0 Å². The Morgan fingerprint density at radius 2 is 1.89 bits per heavy atom. The fraction of sp³-hybridized carbons (Fsp3) is 0.200. The van der Waals surface area contributed by atoms with E-state index in [0.29, 0.717) is 16.8 Å². The highest BCUT2D eigenvalue weighted by molar-refractivity contribution is 7.80. The molecule has 0 bridgehead atoms. The van der Waals surface area contributed by atoms with Crippen LogP contribution in [0.3, 0.4) is 0 Å². The zero-order chi connectivity index (χ0) is 20.7. The van der Waals surface area contributed by atoms with Crippen LogP contribution in [0.15, 0.2) is 29.8 Å². The van der Waals surface area contributed by atoms with Crippen molar-refractivity contribution in [3.05, 3.63) is 57.9 Å². The summed E-state index contributed by atoms with van der Waals surface area (Å²) in [6.07, 6.45) is 1.52. The number of benzene rings is 1. The molecule has 3 rings (SSSR count). The summed E-state index contributed by atoms with van der Waals surface area (Å²) >= 11 is 4.95. The Morgan fingerprint density at radius 1 is 1.21 bits per heavy atom. The van der Waals surface area contributed by atoms with E-state index in [0.717, 1.165) is 11.4 Å². The average Bonchev–Trinajstić information content (AvgIpc) is 2.90. The molecule has 28 heavy (non-hydrogen) atoms. The Balaban J connectivity index is 2.13. The molecule has 7 nitrogen and oxygen atoms in total. The molecule has 1 aromatic heterocycles. The number of rotatable bonds is 3. The van der Waals surface area contributed by atoms with Crippen molar-refractivity contribution in [2.45, 2.75) is 20.8 Å². The minimum absolute atomic E-state index is 0.0171. The number of aromatic carboxylic acids is 1. The molecule has 144 valence electrons. The van der Waals surface area contributed by atoms with Gasteiger partial charge in [-0.25, -0.2) is 0 Å². The molecule has 2 heterocycles. The van der Waals surface area contributed by atoms with Crippen molar-refractivity contribution in [1.82, 2.24) is 14.8 Å². The van der Waals surface area contributed by atoms with Gasteiger partial charge >= 0.3 is 0 Å². The molecule has 1 aliphatic rings. The number of carbonyl (C=O) groups is 3. The summed E-state index contributed by atoms with van der Waals surface area (Å²) in [5.41, 5.74) is 3.63. The van der Waals surface area contributed by atoms with Gasteiger partial charge in [0.2, 0.25) is 0 Å². The Bertz CT molecular complexity index is 1080. The number of carbonyl (C=O) groups excluding carboxylic acids is 3. The summed E-state index contributed by atoms with van der Waals surface area (Å²) in [4.78, 5) is 37.2. The zero-order valence-electron chi connectivity index (χ0n) is 15.8. The minimum atomic E-state index is -1.24. The van der Waals surface area contributed by atoms with Crippen molar-refractivity contribution in [3.8, 4) is 5.69 Å². The van der Waals surface area contributed by atoms with Gasteiger partial charge in [0.25, 0.3) is 11.8 Å². The maximum Gasteiger partial charge on any atom is 0.265 e. The standard InChI is InChI=1S/C20H19N3O4S/c1-10-8-13(9-15-17(24)21-20(28)22(4)18(15)25)12(3)23(10)16-7-5-6-14(11(16)2)19(26)27/h5-9H,1-4H3,(H,26,27)(H,21,24,28)/p-1/b15-9-. The highest BCUT2D eigenvalue weighted by atomic mass is 32.1. The fourth-order valence-corrected chi connectivity index (χ4v) is 3.47. The second-order valence-electron chi connectivity index (χ2n) is 6.58. The van der Waals surface area contributed by atoms with Crippen LogP contribution in [0.4, 0.5) is 0 Å². The summed E-state index contributed by atoms with van der Waals surface area (Å²) in [6, 6.07) is 6.79. The van der Waals surface area contributed by atoms with Crippen LogP contribution in [-0.2, 0) is 9.59 Å². The van der Waals surface area contributed by atoms with Gasteiger partial charge in [-0.3, -0.25) is 19.8 Å². The molecule has 2 amide bonds. The van der Waals surface area contributed by atoms with Crippen LogP contribution in [-0.4, -0.2) is 39.4 Å². The van der Waals surface area contributed by atoms with Crippen LogP contribution >= 0.6 is 12.2 Å². The Labute approximate surface area is 167 Å². The first-order chi connectivity index (χ1) is 13.1. The summed E-state index contributed by atoms with van der Waals surface area (Å²) < 4.78 is 1.88. The molecular formula is C20H18N3O4S-. The third-order valence-electron chi connectivity index (χ3n) is 4.84. The van der Waals surface area contributed by atoms with Crippen LogP contribution in [0, 0.1) is 20.8 Å². The highest BCUT2D eigenvalue weighted by Crippen LogP contribution is 2.27. The third-order valence-corrected chi connectivity index (χ3v) is 5.22. The maximum absolute atomic E-state index is 12.4. The van der Waals surface area contributed by atoms with Crippen molar-refractivity contribution in [3.63, 3.8) is 0 Å². The van der Waals surface area contributed by atoms with Crippen LogP contribution < -0.4 is 10.4 Å². The second-order valence-corrected chi connectivity index (χ2v) is 6.97. The van der Waals surface area contributed by atoms with E-state index >= 15 is 0 Å². The lowest BCUT2D eigenvalue weighted by Gasteiger charge is -2.25. The van der Waals surface area contributed by atoms with Gasteiger partial charge in [0.15, 0.2) is 5.11 Å². The number of likely N-dealkylation sites (N-methyl/N-ethyl adjacent to an activating group) is 1. The first-order valence-electron chi connectivity index (χ1n) is 8.48. The number of thiocarbonyl (C=S) groups is 1. The van der Waals surface area contributed by atoms with Gasteiger partial charge in [-0.2, -0.15) is 0 Å². The number of amides is 2. The van der Waals surface area contributed by atoms with Gasteiger partial charge in [0.1, 0.15) is 5.57 Å². The maximum atomic E-state index is 12.4.